The molecule has 2 heterocycles. The summed E-state index contributed by atoms with van der Waals surface area (Å²) in [7, 11) is -4.12. The zero-order valence-electron chi connectivity index (χ0n) is 19.9. The summed E-state index contributed by atoms with van der Waals surface area (Å²) in [5, 5.41) is 0. The Labute approximate surface area is 218 Å². The summed E-state index contributed by atoms with van der Waals surface area (Å²) >= 11 is 0. The van der Waals surface area contributed by atoms with E-state index >= 15 is 0 Å². The molecule has 14 heteroatoms. The van der Waals surface area contributed by atoms with Crippen LogP contribution in [-0.2, 0) is 33.6 Å². The minimum Gasteiger partial charge on any atom is -0.298 e. The molecule has 1 saturated heterocycles. The van der Waals surface area contributed by atoms with Crippen LogP contribution < -0.4 is 0 Å². The van der Waals surface area contributed by atoms with Gasteiger partial charge in [0.15, 0.2) is 5.78 Å². The van der Waals surface area contributed by atoms with E-state index < -0.39 is 51.4 Å². The maximum Gasteiger partial charge on any atom is 0.451 e. The number of ketones is 1. The summed E-state index contributed by atoms with van der Waals surface area (Å²) in [6.07, 6.45) is -9.66. The molecule has 2 aromatic carbocycles. The lowest BCUT2D eigenvalue weighted by Gasteiger charge is -2.23. The highest BCUT2D eigenvalue weighted by atomic mass is 32.2. The predicted molar refractivity (Wildman–Crippen MR) is 124 cm³/mol. The number of rotatable bonds is 7. The van der Waals surface area contributed by atoms with Crippen molar-refractivity contribution in [2.24, 2.45) is 0 Å². The van der Waals surface area contributed by atoms with Gasteiger partial charge in [-0.05, 0) is 61.7 Å². The van der Waals surface area contributed by atoms with Gasteiger partial charge >= 0.3 is 12.4 Å². The monoisotopic (exact) mass is 575 g/mol. The summed E-state index contributed by atoms with van der Waals surface area (Å²) in [5.41, 5.74) is -1.48. The molecule has 0 N–H and O–H groups in total. The minimum absolute atomic E-state index is 0.0177. The van der Waals surface area contributed by atoms with Crippen molar-refractivity contribution in [3.8, 4) is 11.3 Å². The van der Waals surface area contributed by atoms with Crippen LogP contribution in [0.25, 0.3) is 11.3 Å². The molecular weight excluding hydrogens is 555 g/mol. The van der Waals surface area contributed by atoms with Gasteiger partial charge in [-0.2, -0.15) is 30.6 Å². The lowest BCUT2D eigenvalue weighted by Crippen LogP contribution is -2.40. The van der Waals surface area contributed by atoms with E-state index in [0.717, 1.165) is 46.8 Å². The van der Waals surface area contributed by atoms with Gasteiger partial charge in [0.25, 0.3) is 0 Å². The van der Waals surface area contributed by atoms with E-state index in [1.807, 2.05) is 0 Å². The molecule has 1 aliphatic heterocycles. The molecule has 1 aromatic heterocycles. The highest BCUT2D eigenvalue weighted by molar-refractivity contribution is 7.89. The van der Waals surface area contributed by atoms with Crippen LogP contribution in [-0.4, -0.2) is 41.1 Å². The van der Waals surface area contributed by atoms with E-state index in [1.54, 1.807) is 0 Å². The fraction of sp³-hybridized carbons (Fsp3) is 0.320. The molecule has 1 aliphatic rings. The van der Waals surface area contributed by atoms with Gasteiger partial charge in [-0.1, -0.05) is 12.1 Å². The number of hydrogen-bond donors (Lipinski definition) is 0. The Kier molecular flexibility index (Phi) is 7.81. The van der Waals surface area contributed by atoms with Crippen molar-refractivity contribution in [2.45, 2.75) is 49.0 Å². The Balaban J connectivity index is 1.55. The number of nitrogens with zero attached hydrogens (tertiary/aromatic N) is 3. The zero-order chi connectivity index (χ0) is 28.6. The van der Waals surface area contributed by atoms with Crippen LogP contribution in [0.5, 0.6) is 0 Å². The van der Waals surface area contributed by atoms with Gasteiger partial charge in [0.2, 0.25) is 15.8 Å². The first-order valence-electron chi connectivity index (χ1n) is 11.6. The molecule has 6 nitrogen and oxygen atoms in total. The van der Waals surface area contributed by atoms with Gasteiger partial charge in [0.05, 0.1) is 22.2 Å². The fourth-order valence-electron chi connectivity index (χ4n) is 4.24. The van der Waals surface area contributed by atoms with Crippen molar-refractivity contribution >= 4 is 15.8 Å². The van der Waals surface area contributed by atoms with Crippen LogP contribution in [0.1, 0.15) is 36.3 Å². The second kappa shape index (κ2) is 10.6. The van der Waals surface area contributed by atoms with Crippen LogP contribution in [0.15, 0.2) is 59.5 Å². The molecular formula is C25H20F7N3O3S. The molecule has 0 aliphatic carbocycles. The quantitative estimate of drug-likeness (QED) is 0.339. The van der Waals surface area contributed by atoms with E-state index in [9.17, 15) is 43.9 Å². The average molecular weight is 576 g/mol. The second-order valence-corrected chi connectivity index (χ2v) is 10.7. The van der Waals surface area contributed by atoms with Crippen molar-refractivity contribution in [2.75, 3.05) is 6.54 Å². The number of carbonyl (C=O) groups excluding carboxylic acids is 1. The predicted octanol–water partition coefficient (Wildman–Crippen LogP) is 5.68. The van der Waals surface area contributed by atoms with Crippen molar-refractivity contribution in [3.63, 3.8) is 0 Å². The van der Waals surface area contributed by atoms with Crippen LogP contribution in [0, 0.1) is 5.82 Å². The van der Waals surface area contributed by atoms with Crippen molar-refractivity contribution in [1.29, 1.82) is 0 Å². The summed E-state index contributed by atoms with van der Waals surface area (Å²) in [6.45, 7) is 0.0416. The second-order valence-electron chi connectivity index (χ2n) is 8.84. The fourth-order valence-corrected chi connectivity index (χ4v) is 5.92. The molecule has 39 heavy (non-hydrogen) atoms. The number of carbonyl (C=O) groups is 1. The Morgan fingerprint density at radius 2 is 1.56 bits per heavy atom. The molecule has 0 unspecified atom stereocenters. The molecule has 0 bridgehead atoms. The molecule has 1 fully saturated rings. The first-order valence-corrected chi connectivity index (χ1v) is 13.0. The number of hydrogen-bond acceptors (Lipinski definition) is 5. The molecule has 208 valence electrons. The Bertz CT molecular complexity index is 1460. The standard InChI is InChI=1S/C25H20F7N3O3S/c26-17-7-10-19(11-8-17)39(37,38)35-13-1-2-21(35)22(36)12-9-18-14-20(34-23(33-18)25(30,31)32)15-3-5-16(6-4-15)24(27,28)29/h3-8,10-11,14,21H,1-2,9,12-13H2/t21-/m0/s1. The maximum atomic E-state index is 13.5. The third-order valence-electron chi connectivity index (χ3n) is 6.16. The molecule has 0 radical (unpaired) electrons. The van der Waals surface area contributed by atoms with Crippen LogP contribution in [0.4, 0.5) is 30.7 Å². The zero-order valence-corrected chi connectivity index (χ0v) is 20.7. The van der Waals surface area contributed by atoms with Crippen LogP contribution in [0.3, 0.4) is 0 Å². The van der Waals surface area contributed by atoms with Gasteiger partial charge in [-0.3, -0.25) is 4.79 Å². The molecule has 4 rings (SSSR count). The first-order chi connectivity index (χ1) is 18.2. The molecule has 0 spiro atoms. The molecule has 0 amide bonds. The summed E-state index contributed by atoms with van der Waals surface area (Å²) < 4.78 is 119. The Morgan fingerprint density at radius 3 is 2.15 bits per heavy atom. The number of aromatic nitrogens is 2. The lowest BCUT2D eigenvalue weighted by atomic mass is 10.0. The van der Waals surface area contributed by atoms with Gasteiger partial charge in [0, 0.05) is 24.2 Å². The van der Waals surface area contributed by atoms with E-state index in [0.29, 0.717) is 18.6 Å². The van der Waals surface area contributed by atoms with Crippen molar-refractivity contribution in [1.82, 2.24) is 14.3 Å². The average Bonchev–Trinajstić information content (AvgIpc) is 3.38. The molecule has 3 aromatic rings. The largest absolute Gasteiger partial charge is 0.451 e. The molecule has 0 saturated carbocycles. The number of alkyl halides is 6. The van der Waals surface area contributed by atoms with Crippen molar-refractivity contribution < 1.29 is 43.9 Å². The van der Waals surface area contributed by atoms with Crippen LogP contribution in [0.2, 0.25) is 0 Å². The Morgan fingerprint density at radius 1 is 0.923 bits per heavy atom. The van der Waals surface area contributed by atoms with E-state index in [4.69, 9.17) is 0 Å². The topological polar surface area (TPSA) is 80.2 Å². The highest BCUT2D eigenvalue weighted by Crippen LogP contribution is 2.33. The van der Waals surface area contributed by atoms with Gasteiger partial charge in [-0.25, -0.2) is 22.8 Å². The normalized spacial score (nSPS) is 16.9. The first kappa shape index (κ1) is 28.6. The highest BCUT2D eigenvalue weighted by Gasteiger charge is 2.39. The van der Waals surface area contributed by atoms with Gasteiger partial charge in [0.1, 0.15) is 5.82 Å². The van der Waals surface area contributed by atoms with Gasteiger partial charge < -0.3 is 0 Å². The lowest BCUT2D eigenvalue weighted by molar-refractivity contribution is -0.145. The SMILES string of the molecule is O=C(CCc1cc(-c2ccc(C(F)(F)F)cc2)nc(C(F)(F)F)n1)[C@@H]1CCCN1S(=O)(=O)c1ccc(F)cc1. The number of Topliss-reactive ketones (excluding diaryl/α,β-unsaturated/α-hetero) is 1. The van der Waals surface area contributed by atoms with Gasteiger partial charge in [-0.15, -0.1) is 0 Å². The number of benzene rings is 2. The number of sulfonamides is 1. The van der Waals surface area contributed by atoms with E-state index in [1.165, 1.54) is 0 Å². The third kappa shape index (κ3) is 6.44. The molecule has 1 atom stereocenters. The Hall–Kier alpha value is -3.39. The third-order valence-corrected chi connectivity index (χ3v) is 8.09. The number of aryl methyl sites for hydroxylation is 1. The summed E-state index contributed by atoms with van der Waals surface area (Å²) in [5.74, 6) is -2.70. The van der Waals surface area contributed by atoms with E-state index in [2.05, 4.69) is 9.97 Å². The van der Waals surface area contributed by atoms with Crippen molar-refractivity contribution in [3.05, 3.63) is 77.5 Å². The number of halogens is 7. The summed E-state index contributed by atoms with van der Waals surface area (Å²) in [6, 6.07) is 7.58. The minimum atomic E-state index is -4.97. The maximum absolute atomic E-state index is 13.5. The smallest absolute Gasteiger partial charge is 0.298 e. The summed E-state index contributed by atoms with van der Waals surface area (Å²) in [4.78, 5) is 19.7. The van der Waals surface area contributed by atoms with E-state index in [-0.39, 0.29) is 47.7 Å². The van der Waals surface area contributed by atoms with Crippen LogP contribution >= 0.6 is 0 Å².